The maximum absolute atomic E-state index is 12.3. The highest BCUT2D eigenvalue weighted by Gasteiger charge is 2.56. The van der Waals surface area contributed by atoms with Gasteiger partial charge in [-0.2, -0.15) is 5.01 Å². The van der Waals surface area contributed by atoms with E-state index in [4.69, 9.17) is 30.5 Å². The van der Waals surface area contributed by atoms with Crippen molar-refractivity contribution in [3.05, 3.63) is 44.9 Å². The third kappa shape index (κ3) is 5.30. The quantitative estimate of drug-likeness (QED) is 0.196. The van der Waals surface area contributed by atoms with Gasteiger partial charge in [0.25, 0.3) is 5.69 Å². The van der Waals surface area contributed by atoms with Gasteiger partial charge in [-0.05, 0) is 26.0 Å². The Kier molecular flexibility index (Phi) is 7.23. The lowest BCUT2D eigenvalue weighted by molar-refractivity contribution is -0.384. The molecule has 0 spiro atoms. The molecule has 0 unspecified atom stereocenters. The Morgan fingerprint density at radius 2 is 1.94 bits per heavy atom. The minimum Gasteiger partial charge on any atom is -0.459 e. The number of carbonyl (C=O) groups excluding carboxylic acids is 2. The number of fused-ring (bicyclic) bond motifs is 1. The summed E-state index contributed by atoms with van der Waals surface area (Å²) in [5, 5.41) is 16.4. The molecule has 14 heteroatoms. The molecule has 2 aliphatic heterocycles. The number of ether oxygens (including phenoxy) is 4. The number of nitroso groups, excluding NO2 is 1. The van der Waals surface area contributed by atoms with Crippen LogP contribution < -0.4 is 5.32 Å². The number of amides is 2. The van der Waals surface area contributed by atoms with Crippen LogP contribution in [0.1, 0.15) is 24.2 Å². The predicted molar refractivity (Wildman–Crippen MR) is 108 cm³/mol. The van der Waals surface area contributed by atoms with Gasteiger partial charge >= 0.3 is 12.0 Å². The van der Waals surface area contributed by atoms with E-state index >= 15 is 0 Å². The molecule has 1 aromatic carbocycles. The summed E-state index contributed by atoms with van der Waals surface area (Å²) in [4.78, 5) is 45.6. The minimum atomic E-state index is -1.00. The van der Waals surface area contributed by atoms with E-state index in [1.165, 1.54) is 24.3 Å². The fourth-order valence-electron chi connectivity index (χ4n) is 3.35. The van der Waals surface area contributed by atoms with Gasteiger partial charge in [0.05, 0.1) is 22.3 Å². The largest absolute Gasteiger partial charge is 0.459 e. The maximum Gasteiger partial charge on any atom is 0.342 e. The molecule has 0 saturated carbocycles. The van der Waals surface area contributed by atoms with Crippen molar-refractivity contribution >= 4 is 29.3 Å². The molecule has 4 atom stereocenters. The number of hydrogen-bond donors (Lipinski definition) is 1. The van der Waals surface area contributed by atoms with Crippen molar-refractivity contribution in [1.29, 1.82) is 0 Å². The van der Waals surface area contributed by atoms with Gasteiger partial charge in [0, 0.05) is 18.0 Å². The molecule has 0 bridgehead atoms. The first-order valence-electron chi connectivity index (χ1n) is 9.55. The SMILES string of the molecule is CC1(C)O[C@@H]2[C@@H](O1)[C@@H](NC(=O)N(CCCl)N=O)O[C@H]2COC(=O)c1ccc([N+](=O)[O-])cc1. The highest BCUT2D eigenvalue weighted by Crippen LogP contribution is 2.38. The number of nitrogens with zero attached hydrogens (tertiary/aromatic N) is 3. The van der Waals surface area contributed by atoms with Crippen molar-refractivity contribution in [1.82, 2.24) is 10.3 Å². The summed E-state index contributed by atoms with van der Waals surface area (Å²) in [7, 11) is 0. The summed E-state index contributed by atoms with van der Waals surface area (Å²) in [5.74, 6) is -1.70. The lowest BCUT2D eigenvalue weighted by Gasteiger charge is -2.25. The van der Waals surface area contributed by atoms with Crippen LogP contribution in [0.4, 0.5) is 10.5 Å². The molecular weight excluding hydrogens is 452 g/mol. The molecule has 13 nitrogen and oxygen atoms in total. The molecule has 174 valence electrons. The third-order valence-electron chi connectivity index (χ3n) is 4.74. The first kappa shape index (κ1) is 23.8. The Labute approximate surface area is 187 Å². The van der Waals surface area contributed by atoms with Gasteiger partial charge in [0.1, 0.15) is 24.9 Å². The highest BCUT2D eigenvalue weighted by atomic mass is 35.5. The number of nitro groups is 1. The van der Waals surface area contributed by atoms with Gasteiger partial charge in [-0.3, -0.25) is 10.1 Å². The number of rotatable bonds is 8. The van der Waals surface area contributed by atoms with E-state index in [2.05, 4.69) is 10.6 Å². The van der Waals surface area contributed by atoms with E-state index in [1.54, 1.807) is 13.8 Å². The number of nitro benzene ring substituents is 1. The highest BCUT2D eigenvalue weighted by molar-refractivity contribution is 6.18. The molecule has 1 aromatic rings. The van der Waals surface area contributed by atoms with E-state index in [0.717, 1.165) is 0 Å². The van der Waals surface area contributed by atoms with Crippen LogP contribution in [0.15, 0.2) is 29.6 Å². The number of alkyl halides is 1. The summed E-state index contributed by atoms with van der Waals surface area (Å²) >= 11 is 5.55. The number of carbonyl (C=O) groups is 2. The number of urea groups is 1. The molecule has 2 amide bonds. The topological polar surface area (TPSA) is 159 Å². The van der Waals surface area contributed by atoms with Crippen molar-refractivity contribution < 1.29 is 33.5 Å². The number of non-ortho nitro benzene ring substituents is 1. The molecule has 2 fully saturated rings. The van der Waals surface area contributed by atoms with Crippen LogP contribution >= 0.6 is 11.6 Å². The Morgan fingerprint density at radius 1 is 1.28 bits per heavy atom. The van der Waals surface area contributed by atoms with Gasteiger partial charge in [-0.1, -0.05) is 0 Å². The van der Waals surface area contributed by atoms with Crippen molar-refractivity contribution in [3.63, 3.8) is 0 Å². The van der Waals surface area contributed by atoms with Crippen molar-refractivity contribution in [2.45, 2.75) is 44.2 Å². The number of halogens is 1. The van der Waals surface area contributed by atoms with Crippen LogP contribution in [0.3, 0.4) is 0 Å². The summed E-state index contributed by atoms with van der Waals surface area (Å²) in [6.45, 7) is 3.02. The van der Waals surface area contributed by atoms with E-state index in [9.17, 15) is 24.6 Å². The molecule has 2 saturated heterocycles. The Hall–Kier alpha value is -2.87. The molecule has 2 aliphatic rings. The van der Waals surface area contributed by atoms with E-state index < -0.39 is 47.3 Å². The van der Waals surface area contributed by atoms with Crippen LogP contribution in [0.25, 0.3) is 0 Å². The zero-order valence-corrected chi connectivity index (χ0v) is 17.9. The normalized spacial score (nSPS) is 25.6. The Balaban J connectivity index is 1.64. The van der Waals surface area contributed by atoms with E-state index in [1.807, 2.05) is 0 Å². The molecule has 1 N–H and O–H groups in total. The molecule has 0 aliphatic carbocycles. The summed E-state index contributed by atoms with van der Waals surface area (Å²) in [6.07, 6.45) is -3.20. The third-order valence-corrected chi connectivity index (χ3v) is 4.91. The molecular formula is C18H21ClN4O9. The second kappa shape index (κ2) is 9.73. The van der Waals surface area contributed by atoms with E-state index in [-0.39, 0.29) is 30.3 Å². The first-order chi connectivity index (χ1) is 15.1. The second-order valence-electron chi connectivity index (χ2n) is 7.41. The number of esters is 1. The van der Waals surface area contributed by atoms with Crippen LogP contribution in [0, 0.1) is 15.0 Å². The fraction of sp³-hybridized carbons (Fsp3) is 0.556. The van der Waals surface area contributed by atoms with Crippen LogP contribution in [-0.2, 0) is 18.9 Å². The molecule has 0 aromatic heterocycles. The smallest absolute Gasteiger partial charge is 0.342 e. The van der Waals surface area contributed by atoms with Crippen molar-refractivity contribution in [2.24, 2.45) is 5.29 Å². The lowest BCUT2D eigenvalue weighted by atomic mass is 10.1. The first-order valence-corrected chi connectivity index (χ1v) is 10.1. The van der Waals surface area contributed by atoms with Gasteiger partial charge in [-0.15, -0.1) is 16.5 Å². The van der Waals surface area contributed by atoms with E-state index in [0.29, 0.717) is 5.01 Å². The fourth-order valence-corrected chi connectivity index (χ4v) is 3.51. The van der Waals surface area contributed by atoms with Crippen LogP contribution in [0.2, 0.25) is 0 Å². The predicted octanol–water partition coefficient (Wildman–Crippen LogP) is 1.93. The van der Waals surface area contributed by atoms with Crippen molar-refractivity contribution in [3.8, 4) is 0 Å². The van der Waals surface area contributed by atoms with Gasteiger partial charge in [0.2, 0.25) is 0 Å². The van der Waals surface area contributed by atoms with Crippen LogP contribution in [0.5, 0.6) is 0 Å². The van der Waals surface area contributed by atoms with Gasteiger partial charge < -0.3 is 24.3 Å². The second-order valence-corrected chi connectivity index (χ2v) is 7.78. The van der Waals surface area contributed by atoms with Crippen LogP contribution in [-0.4, -0.2) is 71.3 Å². The summed E-state index contributed by atoms with van der Waals surface area (Å²) in [5.41, 5.74) is -0.0402. The van der Waals surface area contributed by atoms with Crippen molar-refractivity contribution in [2.75, 3.05) is 19.0 Å². The molecule has 2 heterocycles. The summed E-state index contributed by atoms with van der Waals surface area (Å²) < 4.78 is 22.6. The average molecular weight is 473 g/mol. The average Bonchev–Trinajstić information content (AvgIpc) is 3.23. The zero-order valence-electron chi connectivity index (χ0n) is 17.1. The van der Waals surface area contributed by atoms with Gasteiger partial charge in [0.15, 0.2) is 12.0 Å². The Bertz CT molecular complexity index is 882. The standard InChI is InChI=1S/C18H21ClN4O9/c1-18(2)31-13-12(9-29-16(24)10-3-5-11(6-4-10)23(27)28)30-15(14(13)32-18)20-17(25)22(21-26)8-7-19/h3-6,12-15H,7-9H2,1-2H3,(H,20,25)/t12-,13-,14+,15-/m0/s1. The Morgan fingerprint density at radius 3 is 2.53 bits per heavy atom. The maximum atomic E-state index is 12.3. The number of benzene rings is 1. The zero-order chi connectivity index (χ0) is 23.5. The van der Waals surface area contributed by atoms with Gasteiger partial charge in [-0.25, -0.2) is 9.59 Å². The summed E-state index contributed by atoms with van der Waals surface area (Å²) in [6, 6.07) is 4.10. The lowest BCUT2D eigenvalue weighted by Crippen LogP contribution is -2.48. The molecule has 32 heavy (non-hydrogen) atoms. The minimum absolute atomic E-state index is 0.00456. The monoisotopic (exact) mass is 472 g/mol. The molecule has 0 radical (unpaired) electrons. The number of hydrogen-bond acceptors (Lipinski definition) is 10. The number of nitrogens with one attached hydrogen (secondary N) is 1. The molecule has 3 rings (SSSR count).